The van der Waals surface area contributed by atoms with E-state index >= 15 is 0 Å². The van der Waals surface area contributed by atoms with Crippen molar-refractivity contribution in [3.8, 4) is 0 Å². The normalized spacial score (nSPS) is 11.6. The molecular weight excluding hydrogens is 474 g/mol. The lowest BCUT2D eigenvalue weighted by molar-refractivity contribution is 0.102. The molecule has 168 valence electrons. The largest absolute Gasteiger partial charge is 0.322 e. The number of rotatable bonds is 7. The highest BCUT2D eigenvalue weighted by Crippen LogP contribution is 2.25. The van der Waals surface area contributed by atoms with Gasteiger partial charge in [0.2, 0.25) is 10.0 Å². The van der Waals surface area contributed by atoms with Crippen LogP contribution in [0.25, 0.3) is 0 Å². The van der Waals surface area contributed by atoms with Crippen LogP contribution in [0.1, 0.15) is 15.9 Å². The van der Waals surface area contributed by atoms with Gasteiger partial charge in [0.25, 0.3) is 15.9 Å². The Bertz CT molecular complexity index is 1370. The highest BCUT2D eigenvalue weighted by Gasteiger charge is 2.17. The van der Waals surface area contributed by atoms with E-state index in [1.54, 1.807) is 49.4 Å². The van der Waals surface area contributed by atoms with E-state index in [1.165, 1.54) is 24.3 Å². The van der Waals surface area contributed by atoms with Crippen LogP contribution in [-0.2, 0) is 20.0 Å². The maximum Gasteiger partial charge on any atom is 0.261 e. The molecule has 3 aromatic rings. The van der Waals surface area contributed by atoms with E-state index in [0.29, 0.717) is 16.9 Å². The fourth-order valence-corrected chi connectivity index (χ4v) is 4.79. The van der Waals surface area contributed by atoms with Crippen LogP contribution >= 0.6 is 11.6 Å². The molecule has 0 saturated heterocycles. The second-order valence-corrected chi connectivity index (χ2v) is 10.8. The number of halogens is 1. The van der Waals surface area contributed by atoms with Gasteiger partial charge in [-0.05, 0) is 61.0 Å². The predicted molar refractivity (Wildman–Crippen MR) is 126 cm³/mol. The molecule has 8 nitrogen and oxygen atoms in total. The van der Waals surface area contributed by atoms with Crippen LogP contribution in [0.5, 0.6) is 0 Å². The van der Waals surface area contributed by atoms with Crippen molar-refractivity contribution in [3.63, 3.8) is 0 Å². The maximum absolute atomic E-state index is 12.7. The smallest absolute Gasteiger partial charge is 0.261 e. The van der Waals surface area contributed by atoms with E-state index in [-0.39, 0.29) is 21.2 Å². The van der Waals surface area contributed by atoms with Crippen LogP contribution < -0.4 is 14.8 Å². The summed E-state index contributed by atoms with van der Waals surface area (Å²) in [6.45, 7) is 1.62. The third-order valence-electron chi connectivity index (χ3n) is 4.41. The Labute approximate surface area is 191 Å². The van der Waals surface area contributed by atoms with Crippen molar-refractivity contribution in [3.05, 3.63) is 82.9 Å². The van der Waals surface area contributed by atoms with E-state index < -0.39 is 26.0 Å². The molecule has 0 radical (unpaired) electrons. The summed E-state index contributed by atoms with van der Waals surface area (Å²) in [5.74, 6) is -0.468. The molecule has 0 aromatic heterocycles. The van der Waals surface area contributed by atoms with Crippen molar-refractivity contribution < 1.29 is 21.6 Å². The van der Waals surface area contributed by atoms with Crippen LogP contribution in [-0.4, -0.2) is 29.0 Å². The van der Waals surface area contributed by atoms with E-state index in [4.69, 9.17) is 11.6 Å². The predicted octanol–water partition coefficient (Wildman–Crippen LogP) is 4.07. The number of sulfonamides is 2. The Balaban J connectivity index is 1.77. The Morgan fingerprint density at radius 3 is 2.06 bits per heavy atom. The number of benzene rings is 3. The lowest BCUT2D eigenvalue weighted by atomic mass is 10.1. The molecule has 3 aromatic carbocycles. The quantitative estimate of drug-likeness (QED) is 0.458. The molecule has 3 rings (SSSR count). The summed E-state index contributed by atoms with van der Waals surface area (Å²) in [6, 6.07) is 16.7. The molecule has 32 heavy (non-hydrogen) atoms. The number of nitrogens with one attached hydrogen (secondary N) is 3. The summed E-state index contributed by atoms with van der Waals surface area (Å²) in [5, 5.41) is 2.94. The van der Waals surface area contributed by atoms with Crippen LogP contribution in [0.15, 0.2) is 71.6 Å². The average Bonchev–Trinajstić information content (AvgIpc) is 2.70. The van der Waals surface area contributed by atoms with Crippen molar-refractivity contribution in [2.24, 2.45) is 0 Å². The molecule has 0 saturated carbocycles. The molecule has 0 heterocycles. The highest BCUT2D eigenvalue weighted by atomic mass is 35.5. The maximum atomic E-state index is 12.7. The summed E-state index contributed by atoms with van der Waals surface area (Å²) < 4.78 is 53.0. The van der Waals surface area contributed by atoms with Gasteiger partial charge in [0, 0.05) is 11.3 Å². The zero-order chi connectivity index (χ0) is 23.5. The fraction of sp³-hybridized carbons (Fsp3) is 0.0952. The third-order valence-corrected chi connectivity index (χ3v) is 6.72. The molecule has 0 bridgehead atoms. The number of carbonyl (C=O) groups is 1. The van der Waals surface area contributed by atoms with E-state index in [9.17, 15) is 21.6 Å². The lowest BCUT2D eigenvalue weighted by Gasteiger charge is -2.13. The standard InChI is InChI=1S/C21H20ClN3O5S2/c1-14-17(6-5-9-19(14)24-31(2,27)28)21(26)23-15-10-12-16(13-11-15)32(29,30)25-20-8-4-3-7-18(20)22/h3-13,24-25H,1-2H3,(H,23,26). The van der Waals surface area contributed by atoms with E-state index in [2.05, 4.69) is 14.8 Å². The van der Waals surface area contributed by atoms with Crippen LogP contribution in [0.3, 0.4) is 0 Å². The summed E-state index contributed by atoms with van der Waals surface area (Å²) >= 11 is 6.01. The minimum Gasteiger partial charge on any atom is -0.322 e. The SMILES string of the molecule is Cc1c(NS(C)(=O)=O)cccc1C(=O)Nc1ccc(S(=O)(=O)Nc2ccccc2Cl)cc1. The fourth-order valence-electron chi connectivity index (χ4n) is 2.86. The second-order valence-electron chi connectivity index (χ2n) is 6.92. The molecule has 11 heteroatoms. The molecule has 0 spiro atoms. The number of hydrogen-bond acceptors (Lipinski definition) is 5. The third kappa shape index (κ3) is 5.78. The minimum absolute atomic E-state index is 0.00838. The lowest BCUT2D eigenvalue weighted by Crippen LogP contribution is -2.16. The first-order valence-corrected chi connectivity index (χ1v) is 13.0. The van der Waals surface area contributed by atoms with Gasteiger partial charge in [0.15, 0.2) is 0 Å². The van der Waals surface area contributed by atoms with Crippen molar-refractivity contribution in [1.82, 2.24) is 0 Å². The van der Waals surface area contributed by atoms with Crippen molar-refractivity contribution in [1.29, 1.82) is 0 Å². The molecule has 1 amide bonds. The minimum atomic E-state index is -3.88. The van der Waals surface area contributed by atoms with Crippen LogP contribution in [0.4, 0.5) is 17.1 Å². The number of para-hydroxylation sites is 1. The summed E-state index contributed by atoms with van der Waals surface area (Å²) in [6.07, 6.45) is 1.02. The van der Waals surface area contributed by atoms with Gasteiger partial charge in [-0.3, -0.25) is 14.2 Å². The summed E-state index contributed by atoms with van der Waals surface area (Å²) in [7, 11) is -7.37. The molecule has 0 aliphatic carbocycles. The Hall–Kier alpha value is -3.08. The van der Waals surface area contributed by atoms with Gasteiger partial charge in [-0.2, -0.15) is 0 Å². The van der Waals surface area contributed by atoms with Crippen molar-refractivity contribution in [2.75, 3.05) is 21.0 Å². The topological polar surface area (TPSA) is 121 Å². The molecule has 0 unspecified atom stereocenters. The summed E-state index contributed by atoms with van der Waals surface area (Å²) in [5.41, 5.74) is 1.65. The second kappa shape index (κ2) is 9.19. The van der Waals surface area contributed by atoms with Gasteiger partial charge in [-0.25, -0.2) is 16.8 Å². The van der Waals surface area contributed by atoms with Gasteiger partial charge < -0.3 is 5.32 Å². The molecular formula is C21H20ClN3O5S2. The Morgan fingerprint density at radius 1 is 0.812 bits per heavy atom. The Morgan fingerprint density at radius 2 is 1.44 bits per heavy atom. The van der Waals surface area contributed by atoms with Crippen LogP contribution in [0, 0.1) is 6.92 Å². The first kappa shape index (κ1) is 23.6. The molecule has 0 fully saturated rings. The van der Waals surface area contributed by atoms with Crippen molar-refractivity contribution >= 4 is 54.6 Å². The van der Waals surface area contributed by atoms with Crippen LogP contribution in [0.2, 0.25) is 5.02 Å². The molecule has 0 aliphatic heterocycles. The zero-order valence-electron chi connectivity index (χ0n) is 17.1. The molecule has 0 aliphatic rings. The first-order valence-electron chi connectivity index (χ1n) is 9.22. The van der Waals surface area contributed by atoms with Gasteiger partial charge in [0.05, 0.1) is 27.5 Å². The Kier molecular flexibility index (Phi) is 6.77. The molecule has 0 atom stereocenters. The first-order chi connectivity index (χ1) is 15.0. The van der Waals surface area contributed by atoms with Gasteiger partial charge in [-0.1, -0.05) is 29.8 Å². The van der Waals surface area contributed by atoms with Gasteiger partial charge >= 0.3 is 0 Å². The molecule has 3 N–H and O–H groups in total. The van der Waals surface area contributed by atoms with Gasteiger partial charge in [-0.15, -0.1) is 0 Å². The monoisotopic (exact) mass is 493 g/mol. The van der Waals surface area contributed by atoms with Gasteiger partial charge in [0.1, 0.15) is 0 Å². The number of amides is 1. The van der Waals surface area contributed by atoms with Crippen molar-refractivity contribution in [2.45, 2.75) is 11.8 Å². The average molecular weight is 494 g/mol. The van der Waals surface area contributed by atoms with E-state index in [0.717, 1.165) is 6.26 Å². The van der Waals surface area contributed by atoms with E-state index in [1.807, 2.05) is 0 Å². The zero-order valence-corrected chi connectivity index (χ0v) is 19.5. The summed E-state index contributed by atoms with van der Waals surface area (Å²) in [4.78, 5) is 12.7. The number of hydrogen-bond donors (Lipinski definition) is 3. The number of carbonyl (C=O) groups excluding carboxylic acids is 1. The highest BCUT2D eigenvalue weighted by molar-refractivity contribution is 7.92. The number of anilines is 3.